The van der Waals surface area contributed by atoms with Gasteiger partial charge in [-0.25, -0.2) is 4.79 Å². The maximum atomic E-state index is 11.3. The van der Waals surface area contributed by atoms with Crippen molar-refractivity contribution in [2.24, 2.45) is 0 Å². The number of carbonyl (C=O) groups excluding carboxylic acids is 1. The summed E-state index contributed by atoms with van der Waals surface area (Å²) in [5.41, 5.74) is 0. The van der Waals surface area contributed by atoms with E-state index < -0.39 is 0 Å². The maximum Gasteiger partial charge on any atom is 0.320 e. The third-order valence-corrected chi connectivity index (χ3v) is 2.44. The fraction of sp³-hybridized carbons (Fsp3) is 0.571. The normalized spacial score (nSPS) is 20.7. The van der Waals surface area contributed by atoms with Crippen molar-refractivity contribution in [2.45, 2.75) is 12.5 Å². The molecule has 1 unspecified atom stereocenters. The molecule has 2 heterocycles. The molecule has 1 fully saturated rings. The highest BCUT2D eigenvalue weighted by atomic mass is 32.1. The first-order chi connectivity index (χ1) is 6.84. The lowest BCUT2D eigenvalue weighted by atomic mass is 10.3. The maximum absolute atomic E-state index is 11.3. The Hall–Kier alpha value is -1.21. The Kier molecular flexibility index (Phi) is 2.90. The quantitative estimate of drug-likeness (QED) is 0.749. The van der Waals surface area contributed by atoms with Crippen LogP contribution >= 0.6 is 11.5 Å². The van der Waals surface area contributed by atoms with E-state index in [0.717, 1.165) is 18.0 Å². The Morgan fingerprint density at radius 3 is 3.29 bits per heavy atom. The number of nitrogens with one attached hydrogen (secondary N) is 2. The van der Waals surface area contributed by atoms with Gasteiger partial charge in [0, 0.05) is 18.1 Å². The molecule has 1 aliphatic heterocycles. The van der Waals surface area contributed by atoms with E-state index in [4.69, 9.17) is 4.74 Å². The zero-order chi connectivity index (χ0) is 9.80. The van der Waals surface area contributed by atoms with E-state index in [1.165, 1.54) is 6.20 Å². The van der Waals surface area contributed by atoms with Crippen molar-refractivity contribution in [1.29, 1.82) is 0 Å². The Balaban J connectivity index is 1.78. The van der Waals surface area contributed by atoms with Gasteiger partial charge in [-0.15, -0.1) is 5.10 Å². The van der Waals surface area contributed by atoms with Gasteiger partial charge in [-0.1, -0.05) is 4.49 Å². The second-order valence-electron chi connectivity index (χ2n) is 2.94. The standard InChI is InChI=1S/C7H10N4O2S/c12-7(9-5-1-2-13-4-5)10-6-3-8-11-14-6/h3,5H,1-2,4H2,(H2,9,10,12). The molecule has 0 aliphatic carbocycles. The highest BCUT2D eigenvalue weighted by molar-refractivity contribution is 7.10. The third kappa shape index (κ3) is 2.39. The van der Waals surface area contributed by atoms with Gasteiger partial charge in [0.25, 0.3) is 0 Å². The summed E-state index contributed by atoms with van der Waals surface area (Å²) >= 11 is 1.14. The van der Waals surface area contributed by atoms with Crippen LogP contribution in [0.25, 0.3) is 0 Å². The van der Waals surface area contributed by atoms with Crippen LogP contribution in [0.4, 0.5) is 9.80 Å². The van der Waals surface area contributed by atoms with Crippen LogP contribution in [-0.4, -0.2) is 34.9 Å². The second kappa shape index (κ2) is 4.34. The van der Waals surface area contributed by atoms with E-state index in [0.29, 0.717) is 18.2 Å². The lowest BCUT2D eigenvalue weighted by Crippen LogP contribution is -2.37. The number of rotatable bonds is 2. The van der Waals surface area contributed by atoms with Gasteiger partial charge >= 0.3 is 6.03 Å². The molecule has 2 N–H and O–H groups in total. The zero-order valence-corrected chi connectivity index (χ0v) is 8.21. The summed E-state index contributed by atoms with van der Waals surface area (Å²) in [5, 5.41) is 9.68. The fourth-order valence-electron chi connectivity index (χ4n) is 1.20. The van der Waals surface area contributed by atoms with Crippen LogP contribution in [0.1, 0.15) is 6.42 Å². The lowest BCUT2D eigenvalue weighted by Gasteiger charge is -2.09. The SMILES string of the molecule is O=C(Nc1cnns1)NC1CCOC1. The summed E-state index contributed by atoms with van der Waals surface area (Å²) in [5.74, 6) is 0. The molecule has 0 aromatic carbocycles. The minimum absolute atomic E-state index is 0.121. The number of urea groups is 1. The molecule has 2 rings (SSSR count). The van der Waals surface area contributed by atoms with Crippen LogP contribution in [-0.2, 0) is 4.74 Å². The van der Waals surface area contributed by atoms with Crippen molar-refractivity contribution in [3.63, 3.8) is 0 Å². The molecule has 76 valence electrons. The largest absolute Gasteiger partial charge is 0.379 e. The summed E-state index contributed by atoms with van der Waals surface area (Å²) < 4.78 is 8.76. The van der Waals surface area contributed by atoms with Gasteiger partial charge in [-0.3, -0.25) is 5.32 Å². The van der Waals surface area contributed by atoms with Crippen molar-refractivity contribution in [2.75, 3.05) is 18.5 Å². The van der Waals surface area contributed by atoms with Crippen LogP contribution in [0.3, 0.4) is 0 Å². The third-order valence-electron chi connectivity index (χ3n) is 1.86. The molecule has 0 radical (unpaired) electrons. The van der Waals surface area contributed by atoms with Crippen molar-refractivity contribution < 1.29 is 9.53 Å². The van der Waals surface area contributed by atoms with Crippen molar-refractivity contribution in [3.8, 4) is 0 Å². The molecule has 7 heteroatoms. The average Bonchev–Trinajstić information content (AvgIpc) is 2.76. The molecule has 6 nitrogen and oxygen atoms in total. The monoisotopic (exact) mass is 214 g/mol. The highest BCUT2D eigenvalue weighted by Crippen LogP contribution is 2.09. The number of hydrogen-bond acceptors (Lipinski definition) is 5. The topological polar surface area (TPSA) is 76.1 Å². The van der Waals surface area contributed by atoms with Gasteiger partial charge in [-0.05, 0) is 6.42 Å². The lowest BCUT2D eigenvalue weighted by molar-refractivity contribution is 0.189. The van der Waals surface area contributed by atoms with Crippen molar-refractivity contribution >= 4 is 22.6 Å². The van der Waals surface area contributed by atoms with Gasteiger partial charge in [0.2, 0.25) is 0 Å². The van der Waals surface area contributed by atoms with E-state index in [1.54, 1.807) is 0 Å². The van der Waals surface area contributed by atoms with Crippen LogP contribution in [0.15, 0.2) is 6.20 Å². The van der Waals surface area contributed by atoms with Gasteiger partial charge in [0.1, 0.15) is 5.00 Å². The molecular weight excluding hydrogens is 204 g/mol. The number of anilines is 1. The van der Waals surface area contributed by atoms with Crippen molar-refractivity contribution in [3.05, 3.63) is 6.20 Å². The summed E-state index contributed by atoms with van der Waals surface area (Å²) in [7, 11) is 0. The van der Waals surface area contributed by atoms with E-state index in [9.17, 15) is 4.79 Å². The first-order valence-electron chi connectivity index (χ1n) is 4.27. The van der Waals surface area contributed by atoms with Crippen LogP contribution in [0, 0.1) is 0 Å². The highest BCUT2D eigenvalue weighted by Gasteiger charge is 2.17. The first kappa shape index (κ1) is 9.35. The summed E-state index contributed by atoms with van der Waals surface area (Å²) in [4.78, 5) is 11.3. The van der Waals surface area contributed by atoms with E-state index in [2.05, 4.69) is 20.2 Å². The van der Waals surface area contributed by atoms with Crippen LogP contribution in [0.2, 0.25) is 0 Å². The Morgan fingerprint density at radius 1 is 1.71 bits per heavy atom. The summed E-state index contributed by atoms with van der Waals surface area (Å²) in [6.07, 6.45) is 2.38. The number of amides is 2. The van der Waals surface area contributed by atoms with Crippen molar-refractivity contribution in [1.82, 2.24) is 14.9 Å². The van der Waals surface area contributed by atoms with E-state index >= 15 is 0 Å². The molecule has 14 heavy (non-hydrogen) atoms. The van der Waals surface area contributed by atoms with Gasteiger partial charge in [-0.2, -0.15) is 0 Å². The zero-order valence-electron chi connectivity index (χ0n) is 7.40. The van der Waals surface area contributed by atoms with E-state index in [-0.39, 0.29) is 12.1 Å². The Bertz CT molecular complexity index is 297. The molecule has 0 bridgehead atoms. The van der Waals surface area contributed by atoms with Gasteiger partial charge in [0.15, 0.2) is 0 Å². The number of hydrogen-bond donors (Lipinski definition) is 2. The molecule has 1 aliphatic rings. The Morgan fingerprint density at radius 2 is 2.64 bits per heavy atom. The second-order valence-corrected chi connectivity index (χ2v) is 3.73. The summed E-state index contributed by atoms with van der Waals surface area (Å²) in [6.45, 7) is 1.31. The van der Waals surface area contributed by atoms with Crippen LogP contribution < -0.4 is 10.6 Å². The molecule has 0 saturated carbocycles. The smallest absolute Gasteiger partial charge is 0.320 e. The number of aromatic nitrogens is 2. The molecule has 1 atom stereocenters. The predicted molar refractivity (Wildman–Crippen MR) is 51.3 cm³/mol. The first-order valence-corrected chi connectivity index (χ1v) is 5.04. The minimum atomic E-state index is -0.230. The van der Waals surface area contributed by atoms with Gasteiger partial charge < -0.3 is 10.1 Å². The molecular formula is C7H10N4O2S. The van der Waals surface area contributed by atoms with Gasteiger partial charge in [0.05, 0.1) is 18.8 Å². The molecule has 0 spiro atoms. The fourth-order valence-corrected chi connectivity index (χ4v) is 1.62. The predicted octanol–water partition coefficient (Wildman–Crippen LogP) is 0.448. The average molecular weight is 214 g/mol. The van der Waals surface area contributed by atoms with Crippen LogP contribution in [0.5, 0.6) is 0 Å². The molecule has 1 aromatic heterocycles. The number of carbonyl (C=O) groups is 1. The number of ether oxygens (including phenoxy) is 1. The molecule has 1 aromatic rings. The molecule has 2 amide bonds. The minimum Gasteiger partial charge on any atom is -0.379 e. The van der Waals surface area contributed by atoms with E-state index in [1.807, 2.05) is 0 Å². The molecule has 1 saturated heterocycles. The number of nitrogens with zero attached hydrogens (tertiary/aromatic N) is 2. The summed E-state index contributed by atoms with van der Waals surface area (Å²) in [6, 6.07) is -0.109. The Labute approximate surface area is 84.8 Å².